The monoisotopic (exact) mass is 579 g/mol. The Morgan fingerprint density at radius 2 is 1.59 bits per heavy atom. The molecule has 0 aliphatic rings. The number of ether oxygens (including phenoxy) is 1. The number of carbonyl (C=O) groups excluding carboxylic acids is 2. The maximum absolute atomic E-state index is 14.0. The first-order valence-corrected chi connectivity index (χ1v) is 15.5. The van der Waals surface area contributed by atoms with Gasteiger partial charge in [0.1, 0.15) is 18.3 Å². The highest BCUT2D eigenvalue weighted by Crippen LogP contribution is 2.26. The zero-order valence-corrected chi connectivity index (χ0v) is 25.2. The number of carbonyl (C=O) groups is 2. The van der Waals surface area contributed by atoms with Gasteiger partial charge in [0, 0.05) is 13.1 Å². The predicted octanol–water partition coefficient (Wildman–Crippen LogP) is 4.97. The molecule has 9 heteroatoms. The van der Waals surface area contributed by atoms with E-state index < -0.39 is 28.5 Å². The third-order valence-electron chi connectivity index (χ3n) is 6.95. The first-order valence-electron chi connectivity index (χ1n) is 14.1. The zero-order valence-electron chi connectivity index (χ0n) is 24.4. The van der Waals surface area contributed by atoms with Crippen molar-refractivity contribution in [2.24, 2.45) is 0 Å². The van der Waals surface area contributed by atoms with Crippen LogP contribution in [0.25, 0.3) is 0 Å². The Morgan fingerprint density at radius 1 is 0.927 bits per heavy atom. The predicted molar refractivity (Wildman–Crippen MR) is 163 cm³/mol. The minimum absolute atomic E-state index is 0.0341. The molecule has 0 aliphatic carbocycles. The highest BCUT2D eigenvalue weighted by Gasteiger charge is 2.33. The van der Waals surface area contributed by atoms with Crippen LogP contribution in [0.1, 0.15) is 44.2 Å². The van der Waals surface area contributed by atoms with Gasteiger partial charge in [-0.15, -0.1) is 0 Å². The van der Waals surface area contributed by atoms with Crippen LogP contribution in [0.2, 0.25) is 0 Å². The molecule has 0 fully saturated rings. The Hall–Kier alpha value is -3.85. The van der Waals surface area contributed by atoms with Gasteiger partial charge in [-0.2, -0.15) is 0 Å². The molecular weight excluding hydrogens is 538 g/mol. The van der Waals surface area contributed by atoms with E-state index >= 15 is 0 Å². The second-order valence-electron chi connectivity index (χ2n) is 9.91. The Kier molecular flexibility index (Phi) is 11.8. The van der Waals surface area contributed by atoms with Gasteiger partial charge in [-0.05, 0) is 68.1 Å². The summed E-state index contributed by atoms with van der Waals surface area (Å²) in [6.07, 6.45) is 2.69. The Labute approximate surface area is 244 Å². The van der Waals surface area contributed by atoms with Gasteiger partial charge >= 0.3 is 0 Å². The number of methoxy groups -OCH3 is 1. The summed E-state index contributed by atoms with van der Waals surface area (Å²) in [5.41, 5.74) is 2.34. The highest BCUT2D eigenvalue weighted by atomic mass is 32.2. The molecule has 0 saturated carbocycles. The summed E-state index contributed by atoms with van der Waals surface area (Å²) in [7, 11) is -2.62. The summed E-state index contributed by atoms with van der Waals surface area (Å²) in [5, 5.41) is 2.95. The second kappa shape index (κ2) is 15.2. The van der Waals surface area contributed by atoms with Crippen molar-refractivity contribution in [1.82, 2.24) is 10.2 Å². The van der Waals surface area contributed by atoms with Crippen molar-refractivity contribution in [2.45, 2.75) is 57.4 Å². The van der Waals surface area contributed by atoms with E-state index in [2.05, 4.69) is 5.32 Å². The van der Waals surface area contributed by atoms with E-state index in [-0.39, 0.29) is 17.3 Å². The van der Waals surface area contributed by atoms with Gasteiger partial charge in [-0.1, -0.05) is 68.3 Å². The van der Waals surface area contributed by atoms with E-state index in [0.29, 0.717) is 30.8 Å². The molecule has 8 nitrogen and oxygen atoms in total. The van der Waals surface area contributed by atoms with Crippen molar-refractivity contribution in [2.75, 3.05) is 31.0 Å². The summed E-state index contributed by atoms with van der Waals surface area (Å²) < 4.78 is 34.2. The molecule has 220 valence electrons. The average Bonchev–Trinajstić information content (AvgIpc) is 2.99. The lowest BCUT2D eigenvalue weighted by atomic mass is 10.1. The molecule has 0 spiro atoms. The Balaban J connectivity index is 1.98. The van der Waals surface area contributed by atoms with Gasteiger partial charge in [0.25, 0.3) is 10.0 Å². The van der Waals surface area contributed by atoms with E-state index in [4.69, 9.17) is 4.74 Å². The number of nitrogens with zero attached hydrogens (tertiary/aromatic N) is 2. The van der Waals surface area contributed by atoms with Crippen molar-refractivity contribution < 1.29 is 22.7 Å². The molecule has 41 heavy (non-hydrogen) atoms. The molecule has 0 radical (unpaired) electrons. The van der Waals surface area contributed by atoms with Crippen molar-refractivity contribution in [1.29, 1.82) is 0 Å². The van der Waals surface area contributed by atoms with Crippen LogP contribution in [-0.4, -0.2) is 57.9 Å². The molecular formula is C32H41N3O5S. The molecule has 3 rings (SSSR count). The van der Waals surface area contributed by atoms with Crippen LogP contribution in [-0.2, 0) is 26.0 Å². The van der Waals surface area contributed by atoms with Crippen molar-refractivity contribution in [3.63, 3.8) is 0 Å². The summed E-state index contributed by atoms with van der Waals surface area (Å²) in [6, 6.07) is 22.0. The van der Waals surface area contributed by atoms with Crippen LogP contribution in [0.15, 0.2) is 83.8 Å². The number of benzene rings is 3. The van der Waals surface area contributed by atoms with Gasteiger partial charge < -0.3 is 15.0 Å². The molecule has 0 bridgehead atoms. The van der Waals surface area contributed by atoms with E-state index in [1.54, 1.807) is 36.4 Å². The Morgan fingerprint density at radius 3 is 2.17 bits per heavy atom. The fourth-order valence-corrected chi connectivity index (χ4v) is 5.93. The van der Waals surface area contributed by atoms with Crippen molar-refractivity contribution in [3.05, 3.63) is 90.0 Å². The number of amides is 2. The molecule has 0 aromatic heterocycles. The van der Waals surface area contributed by atoms with Crippen LogP contribution >= 0.6 is 0 Å². The average molecular weight is 580 g/mol. The number of nitrogens with one attached hydrogen (secondary N) is 1. The lowest BCUT2D eigenvalue weighted by Gasteiger charge is -2.33. The van der Waals surface area contributed by atoms with Gasteiger partial charge in [0.2, 0.25) is 11.8 Å². The maximum atomic E-state index is 14.0. The fraction of sp³-hybridized carbons (Fsp3) is 0.375. The summed E-state index contributed by atoms with van der Waals surface area (Å²) >= 11 is 0. The van der Waals surface area contributed by atoms with Gasteiger partial charge in [-0.3, -0.25) is 13.9 Å². The summed E-state index contributed by atoms with van der Waals surface area (Å²) in [6.45, 7) is 6.15. The van der Waals surface area contributed by atoms with Crippen LogP contribution in [0.3, 0.4) is 0 Å². The van der Waals surface area contributed by atoms with E-state index in [0.717, 1.165) is 28.3 Å². The third-order valence-corrected chi connectivity index (χ3v) is 8.74. The maximum Gasteiger partial charge on any atom is 0.264 e. The SMILES string of the molecule is CCCCNC(=O)[C@@H](CC)N(CCc1ccccc1)C(=O)CN(c1ccc(C)cc1)S(=O)(=O)c1ccc(OC)cc1. The van der Waals surface area contributed by atoms with E-state index in [9.17, 15) is 18.0 Å². The minimum Gasteiger partial charge on any atom is -0.497 e. The molecule has 2 amide bonds. The number of hydrogen-bond donors (Lipinski definition) is 1. The highest BCUT2D eigenvalue weighted by molar-refractivity contribution is 7.92. The third kappa shape index (κ3) is 8.57. The first-order chi connectivity index (χ1) is 19.7. The summed E-state index contributed by atoms with van der Waals surface area (Å²) in [5.74, 6) is -0.160. The zero-order chi connectivity index (χ0) is 29.8. The topological polar surface area (TPSA) is 96.0 Å². The molecule has 0 unspecified atom stereocenters. The molecule has 3 aromatic carbocycles. The second-order valence-corrected chi connectivity index (χ2v) is 11.8. The number of anilines is 1. The molecule has 0 heterocycles. The van der Waals surface area contributed by atoms with Crippen LogP contribution in [0.4, 0.5) is 5.69 Å². The lowest BCUT2D eigenvalue weighted by Crippen LogP contribution is -2.53. The fourth-order valence-electron chi connectivity index (χ4n) is 4.52. The van der Waals surface area contributed by atoms with Crippen LogP contribution < -0.4 is 14.4 Å². The molecule has 0 saturated heterocycles. The molecule has 3 aromatic rings. The van der Waals surface area contributed by atoms with E-state index in [1.165, 1.54) is 24.1 Å². The molecule has 1 atom stereocenters. The Bertz CT molecular complexity index is 1360. The largest absolute Gasteiger partial charge is 0.497 e. The first kappa shape index (κ1) is 31.7. The number of sulfonamides is 1. The van der Waals surface area contributed by atoms with Crippen molar-refractivity contribution in [3.8, 4) is 5.75 Å². The van der Waals surface area contributed by atoms with Gasteiger partial charge in [-0.25, -0.2) is 8.42 Å². The van der Waals surface area contributed by atoms with Gasteiger partial charge in [0.05, 0.1) is 17.7 Å². The number of rotatable bonds is 15. The molecule has 1 N–H and O–H groups in total. The van der Waals surface area contributed by atoms with Gasteiger partial charge in [0.15, 0.2) is 0 Å². The van der Waals surface area contributed by atoms with Crippen molar-refractivity contribution >= 4 is 27.5 Å². The lowest BCUT2D eigenvalue weighted by molar-refractivity contribution is -0.139. The number of aryl methyl sites for hydroxylation is 1. The number of unbranched alkanes of at least 4 members (excludes halogenated alkanes) is 1. The standard InChI is InChI=1S/C32H41N3O5S/c1-5-7-22-33-32(37)30(6-2)34(23-21-26-11-9-8-10-12-26)31(36)24-35(27-15-13-25(3)14-16-27)41(38,39)29-19-17-28(40-4)18-20-29/h8-20,30H,5-7,21-24H2,1-4H3,(H,33,37)/t30-/m1/s1. The smallest absolute Gasteiger partial charge is 0.264 e. The van der Waals surface area contributed by atoms with Crippen LogP contribution in [0.5, 0.6) is 5.75 Å². The molecule has 0 aliphatic heterocycles. The van der Waals surface area contributed by atoms with E-state index in [1.807, 2.05) is 51.1 Å². The normalized spacial score (nSPS) is 11.9. The minimum atomic E-state index is -4.13. The number of hydrogen-bond acceptors (Lipinski definition) is 5. The summed E-state index contributed by atoms with van der Waals surface area (Å²) in [4.78, 5) is 28.8. The van der Waals surface area contributed by atoms with Crippen LogP contribution in [0, 0.1) is 6.92 Å². The quantitative estimate of drug-likeness (QED) is 0.257.